The van der Waals surface area contributed by atoms with Gasteiger partial charge >= 0.3 is 12.1 Å². The lowest BCUT2D eigenvalue weighted by molar-refractivity contribution is -0.192. The Morgan fingerprint density at radius 2 is 1.60 bits per heavy atom. The van der Waals surface area contributed by atoms with Crippen LogP contribution in [-0.2, 0) is 11.3 Å². The molecule has 12 heteroatoms. The summed E-state index contributed by atoms with van der Waals surface area (Å²) in [6, 6.07) is 7.98. The largest absolute Gasteiger partial charge is 0.490 e. The summed E-state index contributed by atoms with van der Waals surface area (Å²) in [6.07, 6.45) is -3.41. The van der Waals surface area contributed by atoms with E-state index in [-0.39, 0.29) is 5.91 Å². The number of alkyl halides is 3. The minimum atomic E-state index is -5.08. The number of benzene rings is 1. The van der Waals surface area contributed by atoms with Crippen LogP contribution in [-0.4, -0.2) is 61.9 Å². The van der Waals surface area contributed by atoms with Crippen LogP contribution >= 0.6 is 0 Å². The molecular formula is C23H27F3N6O3. The molecule has 1 aromatic carbocycles. The molecule has 0 aliphatic rings. The van der Waals surface area contributed by atoms with Crippen molar-refractivity contribution in [3.8, 4) is 5.95 Å². The fraction of sp³-hybridized carbons (Fsp3) is 0.348. The van der Waals surface area contributed by atoms with Crippen LogP contribution < -0.4 is 5.32 Å². The minimum absolute atomic E-state index is 0.200. The number of carboxylic acid groups (broad SMARTS) is 1. The van der Waals surface area contributed by atoms with E-state index >= 15 is 0 Å². The van der Waals surface area contributed by atoms with E-state index in [0.29, 0.717) is 17.2 Å². The lowest BCUT2D eigenvalue weighted by atomic mass is 10.1. The van der Waals surface area contributed by atoms with Crippen molar-refractivity contribution in [1.29, 1.82) is 0 Å². The predicted molar refractivity (Wildman–Crippen MR) is 124 cm³/mol. The van der Waals surface area contributed by atoms with Gasteiger partial charge in [-0.15, -0.1) is 0 Å². The van der Waals surface area contributed by atoms with Crippen LogP contribution in [0.5, 0.6) is 0 Å². The molecule has 0 spiro atoms. The monoisotopic (exact) mass is 492 g/mol. The van der Waals surface area contributed by atoms with Gasteiger partial charge in [-0.3, -0.25) is 4.79 Å². The summed E-state index contributed by atoms with van der Waals surface area (Å²) in [5, 5.41) is 14.5. The molecular weight excluding hydrogens is 465 g/mol. The molecule has 0 saturated heterocycles. The summed E-state index contributed by atoms with van der Waals surface area (Å²) >= 11 is 0. The Bertz CT molecular complexity index is 1200. The number of aromatic nitrogens is 4. The number of aryl methyl sites for hydroxylation is 4. The number of nitrogens with one attached hydrogen (secondary N) is 1. The molecule has 0 aliphatic carbocycles. The van der Waals surface area contributed by atoms with Crippen LogP contribution in [0.3, 0.4) is 0 Å². The molecule has 0 atom stereocenters. The molecule has 2 heterocycles. The number of carbonyl (C=O) groups is 2. The van der Waals surface area contributed by atoms with Gasteiger partial charge in [-0.05, 0) is 71.1 Å². The Kier molecular flexibility index (Phi) is 8.69. The Morgan fingerprint density at radius 1 is 1.03 bits per heavy atom. The molecule has 0 radical (unpaired) electrons. The van der Waals surface area contributed by atoms with Gasteiger partial charge in [0.05, 0.1) is 11.3 Å². The first kappa shape index (κ1) is 27.4. The van der Waals surface area contributed by atoms with E-state index in [1.807, 2.05) is 60.0 Å². The third-order valence-corrected chi connectivity index (χ3v) is 4.46. The van der Waals surface area contributed by atoms with Crippen LogP contribution in [0.15, 0.2) is 30.5 Å². The maximum absolute atomic E-state index is 12.8. The van der Waals surface area contributed by atoms with Crippen molar-refractivity contribution in [2.75, 3.05) is 19.4 Å². The van der Waals surface area contributed by atoms with Crippen LogP contribution in [0.4, 0.5) is 18.9 Å². The number of aliphatic carboxylic acids is 1. The SMILES string of the molecule is Cc1cc(CN(C)C)cc(NC(=O)c2cn(-c3nc(C)cc(C)n3)nc2C)c1.O=C(O)C(F)(F)F. The summed E-state index contributed by atoms with van der Waals surface area (Å²) in [7, 11) is 4.04. The Hall–Kier alpha value is -3.80. The highest BCUT2D eigenvalue weighted by Crippen LogP contribution is 2.18. The lowest BCUT2D eigenvalue weighted by Gasteiger charge is -2.13. The van der Waals surface area contributed by atoms with Gasteiger partial charge in [-0.1, -0.05) is 6.07 Å². The number of hydrogen-bond acceptors (Lipinski definition) is 6. The van der Waals surface area contributed by atoms with E-state index in [2.05, 4.69) is 31.3 Å². The smallest absolute Gasteiger partial charge is 0.475 e. The van der Waals surface area contributed by atoms with E-state index in [1.54, 1.807) is 10.9 Å². The fourth-order valence-electron chi connectivity index (χ4n) is 3.18. The number of anilines is 1. The lowest BCUT2D eigenvalue weighted by Crippen LogP contribution is -2.21. The number of hydrogen-bond donors (Lipinski definition) is 2. The molecule has 9 nitrogen and oxygen atoms in total. The van der Waals surface area contributed by atoms with E-state index in [9.17, 15) is 18.0 Å². The molecule has 35 heavy (non-hydrogen) atoms. The number of carboxylic acids is 1. The molecule has 3 rings (SSSR count). The second-order valence-corrected chi connectivity index (χ2v) is 8.23. The standard InChI is InChI=1S/C21H26N6O.C2HF3O2/c1-13-7-17(11-26(5)6)10-18(8-13)24-20(28)19-12-27(25-16(19)4)21-22-14(2)9-15(3)23-21;3-2(4,5)1(6)7/h7-10,12H,11H2,1-6H3,(H,24,28);(H,6,7). The summed E-state index contributed by atoms with van der Waals surface area (Å²) in [5.41, 5.74) is 5.86. The van der Waals surface area contributed by atoms with Crippen molar-refractivity contribution in [2.24, 2.45) is 0 Å². The molecule has 3 aromatic rings. The normalized spacial score (nSPS) is 11.1. The van der Waals surface area contributed by atoms with E-state index in [0.717, 1.165) is 34.7 Å². The van der Waals surface area contributed by atoms with Crippen molar-refractivity contribution in [3.05, 3.63) is 64.2 Å². The highest BCUT2D eigenvalue weighted by Gasteiger charge is 2.38. The van der Waals surface area contributed by atoms with Gasteiger partial charge in [0, 0.05) is 29.8 Å². The molecule has 0 aliphatic heterocycles. The van der Waals surface area contributed by atoms with Gasteiger partial charge in [0.2, 0.25) is 0 Å². The van der Waals surface area contributed by atoms with E-state index in [1.165, 1.54) is 0 Å². The molecule has 2 aromatic heterocycles. The maximum Gasteiger partial charge on any atom is 0.490 e. The van der Waals surface area contributed by atoms with Gasteiger partial charge in [0.15, 0.2) is 0 Å². The van der Waals surface area contributed by atoms with Crippen LogP contribution in [0.2, 0.25) is 0 Å². The molecule has 0 saturated carbocycles. The summed E-state index contributed by atoms with van der Waals surface area (Å²) in [4.78, 5) is 32.6. The van der Waals surface area contributed by atoms with Gasteiger partial charge < -0.3 is 15.3 Å². The van der Waals surface area contributed by atoms with Gasteiger partial charge in [0.1, 0.15) is 0 Å². The van der Waals surface area contributed by atoms with Gasteiger partial charge in [0.25, 0.3) is 11.9 Å². The number of amides is 1. The summed E-state index contributed by atoms with van der Waals surface area (Å²) in [5.74, 6) is -2.49. The molecule has 0 bridgehead atoms. The number of halogens is 3. The van der Waals surface area contributed by atoms with Crippen molar-refractivity contribution in [2.45, 2.75) is 40.4 Å². The zero-order valence-corrected chi connectivity index (χ0v) is 20.2. The molecule has 2 N–H and O–H groups in total. The van der Waals surface area contributed by atoms with Gasteiger partial charge in [-0.2, -0.15) is 18.3 Å². The van der Waals surface area contributed by atoms with Gasteiger partial charge in [-0.25, -0.2) is 19.4 Å². The average Bonchev–Trinajstić information content (AvgIpc) is 3.08. The zero-order chi connectivity index (χ0) is 26.5. The number of carbonyl (C=O) groups excluding carboxylic acids is 1. The first-order valence-electron chi connectivity index (χ1n) is 10.4. The topological polar surface area (TPSA) is 113 Å². The average molecular weight is 493 g/mol. The summed E-state index contributed by atoms with van der Waals surface area (Å²) in [6.45, 7) is 8.46. The highest BCUT2D eigenvalue weighted by atomic mass is 19.4. The third kappa shape index (κ3) is 8.18. The Labute approximate surface area is 200 Å². The number of nitrogens with zero attached hydrogens (tertiary/aromatic N) is 5. The molecule has 0 fully saturated rings. The zero-order valence-electron chi connectivity index (χ0n) is 20.2. The first-order chi connectivity index (χ1) is 16.1. The highest BCUT2D eigenvalue weighted by molar-refractivity contribution is 6.05. The van der Waals surface area contributed by atoms with Crippen molar-refractivity contribution >= 4 is 17.6 Å². The second-order valence-electron chi connectivity index (χ2n) is 8.23. The van der Waals surface area contributed by atoms with E-state index < -0.39 is 12.1 Å². The third-order valence-electron chi connectivity index (χ3n) is 4.46. The van der Waals surface area contributed by atoms with Crippen LogP contribution in [0, 0.1) is 27.7 Å². The molecule has 1 amide bonds. The second kappa shape index (κ2) is 11.1. The maximum atomic E-state index is 12.8. The quantitative estimate of drug-likeness (QED) is 0.556. The Morgan fingerprint density at radius 3 is 2.11 bits per heavy atom. The Balaban J connectivity index is 0.000000540. The van der Waals surface area contributed by atoms with Crippen LogP contribution in [0.25, 0.3) is 5.95 Å². The van der Waals surface area contributed by atoms with Crippen molar-refractivity contribution in [3.63, 3.8) is 0 Å². The molecule has 188 valence electrons. The van der Waals surface area contributed by atoms with Crippen LogP contribution in [0.1, 0.15) is 38.6 Å². The number of rotatable bonds is 5. The predicted octanol–water partition coefficient (Wildman–Crippen LogP) is 3.84. The summed E-state index contributed by atoms with van der Waals surface area (Å²) < 4.78 is 33.3. The van der Waals surface area contributed by atoms with E-state index in [4.69, 9.17) is 9.90 Å². The minimum Gasteiger partial charge on any atom is -0.475 e. The van der Waals surface area contributed by atoms with Crippen molar-refractivity contribution in [1.82, 2.24) is 24.6 Å². The first-order valence-corrected chi connectivity index (χ1v) is 10.4. The molecule has 0 unspecified atom stereocenters. The van der Waals surface area contributed by atoms with Crippen molar-refractivity contribution < 1.29 is 27.9 Å². The fourth-order valence-corrected chi connectivity index (χ4v) is 3.18.